The average Bonchev–Trinajstić information content (AvgIpc) is 2.55. The number of fused-ring (bicyclic) bond motifs is 1. The Labute approximate surface area is 82.9 Å². The Kier molecular flexibility index (Phi) is 2.12. The highest BCUT2D eigenvalue weighted by atomic mass is 16.1. The first-order valence-corrected chi connectivity index (χ1v) is 4.80. The summed E-state index contributed by atoms with van der Waals surface area (Å²) in [6.45, 7) is 4.20. The normalized spacial score (nSPS) is 11.1. The van der Waals surface area contributed by atoms with Crippen LogP contribution in [0, 0.1) is 0 Å². The van der Waals surface area contributed by atoms with Crippen LogP contribution in [0.25, 0.3) is 10.9 Å². The fraction of sp³-hybridized carbons (Fsp3) is 0.250. The SMILES string of the molecule is CC(C)c1c(C=O)[nH]c2ccccc12. The molecule has 1 aromatic carbocycles. The summed E-state index contributed by atoms with van der Waals surface area (Å²) in [5, 5.41) is 1.16. The van der Waals surface area contributed by atoms with Gasteiger partial charge in [-0.15, -0.1) is 0 Å². The van der Waals surface area contributed by atoms with Crippen molar-refractivity contribution in [1.29, 1.82) is 0 Å². The number of H-pyrrole nitrogens is 1. The number of rotatable bonds is 2. The Morgan fingerprint density at radius 1 is 1.29 bits per heavy atom. The van der Waals surface area contributed by atoms with Gasteiger partial charge in [0.15, 0.2) is 6.29 Å². The third kappa shape index (κ3) is 1.23. The zero-order valence-corrected chi connectivity index (χ0v) is 8.37. The summed E-state index contributed by atoms with van der Waals surface area (Å²) < 4.78 is 0. The molecule has 0 atom stereocenters. The third-order valence-corrected chi connectivity index (χ3v) is 2.47. The van der Waals surface area contributed by atoms with E-state index >= 15 is 0 Å². The van der Waals surface area contributed by atoms with Gasteiger partial charge in [-0.1, -0.05) is 32.0 Å². The average molecular weight is 187 g/mol. The molecule has 2 heteroatoms. The molecule has 0 aliphatic rings. The lowest BCUT2D eigenvalue weighted by Crippen LogP contribution is -1.91. The van der Waals surface area contributed by atoms with Gasteiger partial charge in [0.2, 0.25) is 0 Å². The second kappa shape index (κ2) is 3.29. The highest BCUT2D eigenvalue weighted by molar-refractivity contribution is 5.92. The largest absolute Gasteiger partial charge is 0.352 e. The molecule has 2 aromatic rings. The van der Waals surface area contributed by atoms with Crippen LogP contribution in [0.4, 0.5) is 0 Å². The molecule has 0 spiro atoms. The van der Waals surface area contributed by atoms with Crippen molar-refractivity contribution in [3.63, 3.8) is 0 Å². The Morgan fingerprint density at radius 2 is 2.00 bits per heavy atom. The molecular formula is C12H13NO. The predicted molar refractivity (Wildman–Crippen MR) is 57.8 cm³/mol. The van der Waals surface area contributed by atoms with E-state index in [0.29, 0.717) is 11.6 Å². The van der Waals surface area contributed by atoms with E-state index in [4.69, 9.17) is 0 Å². The molecule has 0 bridgehead atoms. The number of nitrogens with one attached hydrogen (secondary N) is 1. The van der Waals surface area contributed by atoms with Crippen LogP contribution in [0.1, 0.15) is 35.8 Å². The van der Waals surface area contributed by atoms with Crippen LogP contribution in [0.15, 0.2) is 24.3 Å². The van der Waals surface area contributed by atoms with Gasteiger partial charge in [0, 0.05) is 10.9 Å². The van der Waals surface area contributed by atoms with Gasteiger partial charge >= 0.3 is 0 Å². The quantitative estimate of drug-likeness (QED) is 0.720. The minimum atomic E-state index is 0.367. The molecule has 0 amide bonds. The van der Waals surface area contributed by atoms with Gasteiger partial charge in [-0.05, 0) is 17.5 Å². The van der Waals surface area contributed by atoms with E-state index in [0.717, 1.165) is 22.8 Å². The lowest BCUT2D eigenvalue weighted by molar-refractivity contribution is 0.111. The van der Waals surface area contributed by atoms with Crippen molar-refractivity contribution in [2.45, 2.75) is 19.8 Å². The van der Waals surface area contributed by atoms with E-state index in [1.807, 2.05) is 24.3 Å². The van der Waals surface area contributed by atoms with E-state index in [-0.39, 0.29) is 0 Å². The number of hydrogen-bond acceptors (Lipinski definition) is 1. The molecule has 1 heterocycles. The molecule has 0 saturated carbocycles. The summed E-state index contributed by atoms with van der Waals surface area (Å²) in [6.07, 6.45) is 0.898. The number of para-hydroxylation sites is 1. The fourth-order valence-corrected chi connectivity index (χ4v) is 1.90. The summed E-state index contributed by atoms with van der Waals surface area (Å²) in [5.74, 6) is 0.367. The van der Waals surface area contributed by atoms with Crippen LogP contribution >= 0.6 is 0 Å². The zero-order chi connectivity index (χ0) is 10.1. The van der Waals surface area contributed by atoms with E-state index in [1.165, 1.54) is 0 Å². The van der Waals surface area contributed by atoms with Crippen molar-refractivity contribution < 1.29 is 4.79 Å². The first-order chi connectivity index (χ1) is 6.74. The minimum Gasteiger partial charge on any atom is -0.352 e. The molecule has 72 valence electrons. The fourth-order valence-electron chi connectivity index (χ4n) is 1.90. The van der Waals surface area contributed by atoms with Crippen LogP contribution in [-0.4, -0.2) is 11.3 Å². The summed E-state index contributed by atoms with van der Waals surface area (Å²) in [7, 11) is 0. The third-order valence-electron chi connectivity index (χ3n) is 2.47. The first kappa shape index (κ1) is 9.00. The Hall–Kier alpha value is -1.57. The van der Waals surface area contributed by atoms with Crippen LogP contribution < -0.4 is 0 Å². The molecule has 0 unspecified atom stereocenters. The smallest absolute Gasteiger partial charge is 0.166 e. The van der Waals surface area contributed by atoms with Crippen molar-refractivity contribution in [1.82, 2.24) is 4.98 Å². The summed E-state index contributed by atoms with van der Waals surface area (Å²) in [5.41, 5.74) is 2.87. The molecule has 2 rings (SSSR count). The van der Waals surface area contributed by atoms with Crippen molar-refractivity contribution in [3.8, 4) is 0 Å². The molecule has 2 nitrogen and oxygen atoms in total. The van der Waals surface area contributed by atoms with Crippen LogP contribution in [0.3, 0.4) is 0 Å². The molecule has 0 aliphatic carbocycles. The minimum absolute atomic E-state index is 0.367. The van der Waals surface area contributed by atoms with E-state index in [9.17, 15) is 4.79 Å². The number of benzene rings is 1. The Bertz CT molecular complexity index is 468. The number of carbonyl (C=O) groups excluding carboxylic acids is 1. The van der Waals surface area contributed by atoms with E-state index in [1.54, 1.807) is 0 Å². The molecule has 14 heavy (non-hydrogen) atoms. The van der Waals surface area contributed by atoms with Gasteiger partial charge in [-0.2, -0.15) is 0 Å². The number of aldehydes is 1. The predicted octanol–water partition coefficient (Wildman–Crippen LogP) is 3.10. The lowest BCUT2D eigenvalue weighted by Gasteiger charge is -2.03. The Morgan fingerprint density at radius 3 is 2.64 bits per heavy atom. The molecule has 0 fully saturated rings. The van der Waals surface area contributed by atoms with Gasteiger partial charge < -0.3 is 4.98 Å². The molecule has 1 N–H and O–H groups in total. The van der Waals surface area contributed by atoms with E-state index in [2.05, 4.69) is 18.8 Å². The van der Waals surface area contributed by atoms with Gasteiger partial charge in [0.05, 0.1) is 5.69 Å². The van der Waals surface area contributed by atoms with Crippen LogP contribution in [-0.2, 0) is 0 Å². The van der Waals surface area contributed by atoms with Crippen molar-refractivity contribution in [2.24, 2.45) is 0 Å². The maximum atomic E-state index is 10.9. The van der Waals surface area contributed by atoms with Gasteiger partial charge in [-0.3, -0.25) is 4.79 Å². The monoisotopic (exact) mass is 187 g/mol. The van der Waals surface area contributed by atoms with Crippen LogP contribution in [0.5, 0.6) is 0 Å². The zero-order valence-electron chi connectivity index (χ0n) is 8.37. The topological polar surface area (TPSA) is 32.9 Å². The molecule has 1 aromatic heterocycles. The number of hydrogen-bond donors (Lipinski definition) is 1. The molecule has 0 aliphatic heterocycles. The van der Waals surface area contributed by atoms with Gasteiger partial charge in [0.25, 0.3) is 0 Å². The van der Waals surface area contributed by atoms with Crippen molar-refractivity contribution >= 4 is 17.2 Å². The second-order valence-electron chi connectivity index (χ2n) is 3.77. The summed E-state index contributed by atoms with van der Waals surface area (Å²) in [6, 6.07) is 8.01. The highest BCUT2D eigenvalue weighted by Crippen LogP contribution is 2.27. The standard InChI is InChI=1S/C12H13NO/c1-8(2)12-9-5-3-4-6-10(9)13-11(12)7-14/h3-8,13H,1-2H3. The molecule has 0 radical (unpaired) electrons. The first-order valence-electron chi connectivity index (χ1n) is 4.80. The van der Waals surface area contributed by atoms with Crippen molar-refractivity contribution in [2.75, 3.05) is 0 Å². The molecular weight excluding hydrogens is 174 g/mol. The van der Waals surface area contributed by atoms with E-state index < -0.39 is 0 Å². The molecule has 0 saturated heterocycles. The second-order valence-corrected chi connectivity index (χ2v) is 3.77. The summed E-state index contributed by atoms with van der Waals surface area (Å²) in [4.78, 5) is 14.0. The maximum Gasteiger partial charge on any atom is 0.166 e. The summed E-state index contributed by atoms with van der Waals surface area (Å²) >= 11 is 0. The number of aromatic amines is 1. The Balaban J connectivity index is 2.80. The number of carbonyl (C=O) groups is 1. The lowest BCUT2D eigenvalue weighted by atomic mass is 10.00. The van der Waals surface area contributed by atoms with Crippen LogP contribution in [0.2, 0.25) is 0 Å². The van der Waals surface area contributed by atoms with Crippen molar-refractivity contribution in [3.05, 3.63) is 35.5 Å². The van der Waals surface area contributed by atoms with Gasteiger partial charge in [-0.25, -0.2) is 0 Å². The maximum absolute atomic E-state index is 10.9. The van der Waals surface area contributed by atoms with Gasteiger partial charge in [0.1, 0.15) is 0 Å². The highest BCUT2D eigenvalue weighted by Gasteiger charge is 2.12. The number of aromatic nitrogens is 1.